The monoisotopic (exact) mass is 323 g/mol. The largest absolute Gasteiger partial charge is 0.481 e. The van der Waals surface area contributed by atoms with Crippen LogP contribution in [0.1, 0.15) is 71.1 Å². The van der Waals surface area contributed by atoms with E-state index in [9.17, 15) is 4.79 Å². The molecule has 2 saturated heterocycles. The zero-order valence-corrected chi connectivity index (χ0v) is 14.5. The van der Waals surface area contributed by atoms with Crippen LogP contribution in [0.5, 0.6) is 0 Å². The standard InChI is InChI=1S/C19H33NO3/c1-2-3-4-9-14-20-19-15(16-12-13-17(19)23-16)10-7-5-6-8-11-18(21)22/h5,7,15-17,19-20H,2-4,6,8-14H2,1H3,(H,21,22)/t15-,16+,17-,19-/m0/s1. The van der Waals surface area contributed by atoms with Crippen LogP contribution in [-0.2, 0) is 9.53 Å². The van der Waals surface area contributed by atoms with Crippen molar-refractivity contribution in [3.8, 4) is 0 Å². The molecule has 0 spiro atoms. The molecule has 4 nitrogen and oxygen atoms in total. The van der Waals surface area contributed by atoms with Gasteiger partial charge in [-0.3, -0.25) is 4.79 Å². The number of ether oxygens (including phenoxy) is 1. The lowest BCUT2D eigenvalue weighted by molar-refractivity contribution is -0.137. The summed E-state index contributed by atoms with van der Waals surface area (Å²) in [6.07, 6.45) is 15.8. The van der Waals surface area contributed by atoms with E-state index in [1.807, 2.05) is 0 Å². The molecule has 2 heterocycles. The maximum Gasteiger partial charge on any atom is 0.303 e. The van der Waals surface area contributed by atoms with Crippen molar-refractivity contribution in [1.82, 2.24) is 5.32 Å². The van der Waals surface area contributed by atoms with Crippen LogP contribution in [0.25, 0.3) is 0 Å². The molecule has 0 aliphatic carbocycles. The van der Waals surface area contributed by atoms with Gasteiger partial charge in [-0.2, -0.15) is 0 Å². The van der Waals surface area contributed by atoms with Crippen LogP contribution >= 0.6 is 0 Å². The first-order chi connectivity index (χ1) is 11.2. The molecule has 0 radical (unpaired) electrons. The molecule has 2 rings (SSSR count). The number of carboxylic acid groups (broad SMARTS) is 1. The molecule has 4 heteroatoms. The zero-order valence-electron chi connectivity index (χ0n) is 14.5. The van der Waals surface area contributed by atoms with Gasteiger partial charge in [0, 0.05) is 18.4 Å². The fraction of sp³-hybridized carbons (Fsp3) is 0.842. The number of rotatable bonds is 12. The third-order valence-corrected chi connectivity index (χ3v) is 5.17. The summed E-state index contributed by atoms with van der Waals surface area (Å²) in [4.78, 5) is 10.5. The molecule has 0 amide bonds. The maximum atomic E-state index is 10.5. The van der Waals surface area contributed by atoms with Gasteiger partial charge < -0.3 is 15.2 Å². The second kappa shape index (κ2) is 10.1. The van der Waals surface area contributed by atoms with E-state index in [-0.39, 0.29) is 6.42 Å². The van der Waals surface area contributed by atoms with Crippen LogP contribution in [0.4, 0.5) is 0 Å². The molecule has 4 atom stereocenters. The van der Waals surface area contributed by atoms with Crippen LogP contribution in [-0.4, -0.2) is 35.9 Å². The lowest BCUT2D eigenvalue weighted by atomic mass is 9.82. The summed E-state index contributed by atoms with van der Waals surface area (Å²) in [7, 11) is 0. The fourth-order valence-electron chi connectivity index (χ4n) is 3.92. The highest BCUT2D eigenvalue weighted by Gasteiger charge is 2.47. The van der Waals surface area contributed by atoms with E-state index in [0.717, 1.165) is 25.8 Å². The van der Waals surface area contributed by atoms with Gasteiger partial charge in [0.15, 0.2) is 0 Å². The van der Waals surface area contributed by atoms with Crippen molar-refractivity contribution in [3.05, 3.63) is 12.2 Å². The second-order valence-electron chi connectivity index (χ2n) is 6.99. The summed E-state index contributed by atoms with van der Waals surface area (Å²) in [5.41, 5.74) is 0. The minimum Gasteiger partial charge on any atom is -0.481 e. The Morgan fingerprint density at radius 1 is 1.17 bits per heavy atom. The molecule has 2 aliphatic heterocycles. The first kappa shape index (κ1) is 18.5. The highest BCUT2D eigenvalue weighted by atomic mass is 16.5. The lowest BCUT2D eigenvalue weighted by Crippen LogP contribution is -2.44. The predicted octanol–water partition coefficient (Wildman–Crippen LogP) is 3.90. The average molecular weight is 323 g/mol. The second-order valence-corrected chi connectivity index (χ2v) is 6.99. The van der Waals surface area contributed by atoms with Gasteiger partial charge in [0.25, 0.3) is 0 Å². The highest BCUT2D eigenvalue weighted by Crippen LogP contribution is 2.41. The Balaban J connectivity index is 1.68. The molecule has 23 heavy (non-hydrogen) atoms. The molecular weight excluding hydrogens is 290 g/mol. The van der Waals surface area contributed by atoms with Gasteiger partial charge in [0.2, 0.25) is 0 Å². The number of hydrogen-bond donors (Lipinski definition) is 2. The van der Waals surface area contributed by atoms with Crippen molar-refractivity contribution >= 4 is 5.97 Å². The molecule has 2 bridgehead atoms. The Kier molecular flexibility index (Phi) is 8.10. The molecule has 0 unspecified atom stereocenters. The van der Waals surface area contributed by atoms with Crippen molar-refractivity contribution < 1.29 is 14.6 Å². The van der Waals surface area contributed by atoms with Crippen molar-refractivity contribution in [1.29, 1.82) is 0 Å². The topological polar surface area (TPSA) is 58.6 Å². The quantitative estimate of drug-likeness (QED) is 0.422. The number of carbonyl (C=O) groups is 1. The summed E-state index contributed by atoms with van der Waals surface area (Å²) in [6, 6.07) is 0.513. The summed E-state index contributed by atoms with van der Waals surface area (Å²) < 4.78 is 6.11. The van der Waals surface area contributed by atoms with Crippen molar-refractivity contribution in [3.63, 3.8) is 0 Å². The van der Waals surface area contributed by atoms with E-state index in [2.05, 4.69) is 24.4 Å². The first-order valence-electron chi connectivity index (χ1n) is 9.48. The van der Waals surface area contributed by atoms with E-state index in [1.54, 1.807) is 0 Å². The number of carboxylic acids is 1. The predicted molar refractivity (Wildman–Crippen MR) is 92.6 cm³/mol. The molecule has 0 aromatic rings. The van der Waals surface area contributed by atoms with Crippen LogP contribution in [0.3, 0.4) is 0 Å². The Labute approximate surface area is 140 Å². The van der Waals surface area contributed by atoms with Crippen LogP contribution < -0.4 is 5.32 Å². The van der Waals surface area contributed by atoms with Crippen LogP contribution in [0, 0.1) is 5.92 Å². The van der Waals surface area contributed by atoms with Crippen LogP contribution in [0.15, 0.2) is 12.2 Å². The van der Waals surface area contributed by atoms with E-state index < -0.39 is 5.97 Å². The molecular formula is C19H33NO3. The lowest BCUT2D eigenvalue weighted by Gasteiger charge is -2.28. The molecule has 0 saturated carbocycles. The average Bonchev–Trinajstić information content (AvgIpc) is 3.12. The molecule has 0 aromatic heterocycles. The van der Waals surface area contributed by atoms with Gasteiger partial charge in [0.05, 0.1) is 12.2 Å². The molecule has 132 valence electrons. The smallest absolute Gasteiger partial charge is 0.303 e. The van der Waals surface area contributed by atoms with E-state index >= 15 is 0 Å². The van der Waals surface area contributed by atoms with Gasteiger partial charge in [-0.05, 0) is 45.1 Å². The van der Waals surface area contributed by atoms with Crippen molar-refractivity contribution in [2.45, 2.75) is 89.4 Å². The maximum absolute atomic E-state index is 10.5. The van der Waals surface area contributed by atoms with Crippen molar-refractivity contribution in [2.75, 3.05) is 6.54 Å². The third-order valence-electron chi connectivity index (χ3n) is 5.17. The Morgan fingerprint density at radius 2 is 2.00 bits per heavy atom. The van der Waals surface area contributed by atoms with E-state index in [0.29, 0.717) is 24.2 Å². The summed E-state index contributed by atoms with van der Waals surface area (Å²) >= 11 is 0. The summed E-state index contributed by atoms with van der Waals surface area (Å²) in [5.74, 6) is -0.108. The van der Waals surface area contributed by atoms with Gasteiger partial charge in [-0.25, -0.2) is 0 Å². The molecule has 2 aliphatic rings. The van der Waals surface area contributed by atoms with Crippen LogP contribution in [0.2, 0.25) is 0 Å². The van der Waals surface area contributed by atoms with Crippen molar-refractivity contribution in [2.24, 2.45) is 5.92 Å². The third kappa shape index (κ3) is 5.92. The Hall–Kier alpha value is -0.870. The number of allylic oxidation sites excluding steroid dienone is 2. The summed E-state index contributed by atoms with van der Waals surface area (Å²) in [5, 5.41) is 12.4. The SMILES string of the molecule is CCCCCCN[C@H]1[C@@H](CC=CCCCC(=O)O)[C@H]2CC[C@@H]1O2. The van der Waals surface area contributed by atoms with E-state index in [4.69, 9.17) is 9.84 Å². The normalized spacial score (nSPS) is 29.6. The van der Waals surface area contributed by atoms with Gasteiger partial charge >= 0.3 is 5.97 Å². The minimum atomic E-state index is -0.702. The van der Waals surface area contributed by atoms with Gasteiger partial charge in [0.1, 0.15) is 0 Å². The number of fused-ring (bicyclic) bond motifs is 2. The molecule has 2 fully saturated rings. The first-order valence-corrected chi connectivity index (χ1v) is 9.48. The number of unbranched alkanes of at least 4 members (excludes halogenated alkanes) is 4. The van der Waals surface area contributed by atoms with E-state index in [1.165, 1.54) is 38.5 Å². The number of nitrogens with one attached hydrogen (secondary N) is 1. The summed E-state index contributed by atoms with van der Waals surface area (Å²) in [6.45, 7) is 3.35. The Bertz CT molecular complexity index is 383. The minimum absolute atomic E-state index is 0.267. The number of hydrogen-bond acceptors (Lipinski definition) is 3. The molecule has 0 aromatic carbocycles. The van der Waals surface area contributed by atoms with Gasteiger partial charge in [-0.15, -0.1) is 0 Å². The Morgan fingerprint density at radius 3 is 2.78 bits per heavy atom. The zero-order chi connectivity index (χ0) is 16.5. The van der Waals surface area contributed by atoms with Gasteiger partial charge in [-0.1, -0.05) is 38.3 Å². The fourth-order valence-corrected chi connectivity index (χ4v) is 3.92. The number of aliphatic carboxylic acids is 1. The highest BCUT2D eigenvalue weighted by molar-refractivity contribution is 5.66. The molecule has 2 N–H and O–H groups in total.